The van der Waals surface area contributed by atoms with Gasteiger partial charge in [-0.15, -0.1) is 0 Å². The predicted molar refractivity (Wildman–Crippen MR) is 107 cm³/mol. The van der Waals surface area contributed by atoms with Gasteiger partial charge in [-0.3, -0.25) is 14.3 Å². The normalized spacial score (nSPS) is 20.3. The number of hydrogen-bond donors (Lipinski definition) is 0. The average molecular weight is 396 g/mol. The molecule has 2 aromatic rings. The van der Waals surface area contributed by atoms with Crippen LogP contribution in [0.15, 0.2) is 24.7 Å². The van der Waals surface area contributed by atoms with Crippen molar-refractivity contribution in [2.75, 3.05) is 13.1 Å². The van der Waals surface area contributed by atoms with Crippen molar-refractivity contribution in [2.45, 2.75) is 64.6 Å². The van der Waals surface area contributed by atoms with E-state index in [9.17, 15) is 9.59 Å². The molecule has 0 radical (unpaired) electrons. The number of rotatable bonds is 4. The highest BCUT2D eigenvalue weighted by atomic mass is 16.2. The summed E-state index contributed by atoms with van der Waals surface area (Å²) in [6, 6.07) is 1.82. The molecular weight excluding hydrogens is 368 g/mol. The standard InChI is InChI=1S/C21H28N6O2/c1-15(27-10-5-8-23-27)12-20(29)26-9-4-3-6-19(26)21-22-13-17-14-25(16(2)28)11-7-18(17)24-21/h5,8,10,13,15,19H,3-4,6-7,9,11-12,14H2,1-2H3/t15-,19-/m1/s1. The van der Waals surface area contributed by atoms with Gasteiger partial charge in [0.15, 0.2) is 5.82 Å². The van der Waals surface area contributed by atoms with E-state index in [0.29, 0.717) is 19.5 Å². The molecule has 0 spiro atoms. The van der Waals surface area contributed by atoms with E-state index in [-0.39, 0.29) is 23.9 Å². The van der Waals surface area contributed by atoms with E-state index in [1.165, 1.54) is 0 Å². The summed E-state index contributed by atoms with van der Waals surface area (Å²) in [5.74, 6) is 0.941. The van der Waals surface area contributed by atoms with E-state index in [1.807, 2.05) is 39.9 Å². The van der Waals surface area contributed by atoms with E-state index in [0.717, 1.165) is 49.3 Å². The molecular formula is C21H28N6O2. The lowest BCUT2D eigenvalue weighted by atomic mass is 9.99. The molecule has 154 valence electrons. The molecule has 8 nitrogen and oxygen atoms in total. The van der Waals surface area contributed by atoms with Gasteiger partial charge in [-0.05, 0) is 32.3 Å². The second-order valence-corrected chi connectivity index (χ2v) is 8.03. The summed E-state index contributed by atoms with van der Waals surface area (Å²) in [6.07, 6.45) is 9.59. The second kappa shape index (κ2) is 8.31. The zero-order valence-corrected chi connectivity index (χ0v) is 17.1. The highest BCUT2D eigenvalue weighted by Crippen LogP contribution is 2.31. The summed E-state index contributed by atoms with van der Waals surface area (Å²) in [5, 5.41) is 4.25. The van der Waals surface area contributed by atoms with E-state index in [1.54, 1.807) is 13.1 Å². The summed E-state index contributed by atoms with van der Waals surface area (Å²) in [5.41, 5.74) is 2.02. The Morgan fingerprint density at radius 3 is 2.90 bits per heavy atom. The molecule has 1 fully saturated rings. The molecule has 29 heavy (non-hydrogen) atoms. The molecule has 0 aromatic carbocycles. The minimum Gasteiger partial charge on any atom is -0.338 e. The molecule has 0 unspecified atom stereocenters. The third-order valence-electron chi connectivity index (χ3n) is 5.97. The summed E-state index contributed by atoms with van der Waals surface area (Å²) >= 11 is 0. The van der Waals surface area contributed by atoms with Crippen LogP contribution in [0.4, 0.5) is 0 Å². The first-order valence-corrected chi connectivity index (χ1v) is 10.4. The quantitative estimate of drug-likeness (QED) is 0.792. The van der Waals surface area contributed by atoms with Crippen LogP contribution in [0.3, 0.4) is 0 Å². The van der Waals surface area contributed by atoms with E-state index < -0.39 is 0 Å². The van der Waals surface area contributed by atoms with Gasteiger partial charge >= 0.3 is 0 Å². The van der Waals surface area contributed by atoms with Crippen LogP contribution in [0.25, 0.3) is 0 Å². The molecule has 0 saturated carbocycles. The summed E-state index contributed by atoms with van der Waals surface area (Å²) < 4.78 is 1.83. The minimum absolute atomic E-state index is 0.0158. The minimum atomic E-state index is -0.0720. The van der Waals surface area contributed by atoms with Crippen LogP contribution in [0.1, 0.15) is 68.7 Å². The molecule has 0 aliphatic carbocycles. The van der Waals surface area contributed by atoms with Crippen LogP contribution in [0.5, 0.6) is 0 Å². The molecule has 2 aliphatic rings. The summed E-state index contributed by atoms with van der Waals surface area (Å²) in [6.45, 7) is 5.61. The van der Waals surface area contributed by atoms with Gasteiger partial charge in [-0.25, -0.2) is 9.97 Å². The molecule has 2 atom stereocenters. The van der Waals surface area contributed by atoms with Crippen LogP contribution >= 0.6 is 0 Å². The van der Waals surface area contributed by atoms with Crippen LogP contribution in [-0.2, 0) is 22.6 Å². The smallest absolute Gasteiger partial charge is 0.225 e. The maximum absolute atomic E-state index is 13.1. The SMILES string of the molecule is CC(=O)N1CCc2nc([C@H]3CCCCN3C(=O)C[C@@H](C)n3cccn3)ncc2C1. The molecule has 8 heteroatoms. The number of likely N-dealkylation sites (tertiary alicyclic amines) is 1. The maximum atomic E-state index is 13.1. The topological polar surface area (TPSA) is 84.2 Å². The molecule has 0 N–H and O–H groups in total. The largest absolute Gasteiger partial charge is 0.338 e. The van der Waals surface area contributed by atoms with Crippen LogP contribution in [0.2, 0.25) is 0 Å². The average Bonchev–Trinajstić information content (AvgIpc) is 3.28. The third kappa shape index (κ3) is 4.16. The number of amides is 2. The highest BCUT2D eigenvalue weighted by Gasteiger charge is 2.32. The molecule has 4 rings (SSSR count). The fourth-order valence-electron chi connectivity index (χ4n) is 4.26. The van der Waals surface area contributed by atoms with Crippen molar-refractivity contribution >= 4 is 11.8 Å². The number of carbonyl (C=O) groups is 2. The fourth-order valence-corrected chi connectivity index (χ4v) is 4.26. The lowest BCUT2D eigenvalue weighted by Crippen LogP contribution is -2.40. The Hall–Kier alpha value is -2.77. The lowest BCUT2D eigenvalue weighted by Gasteiger charge is -2.36. The second-order valence-electron chi connectivity index (χ2n) is 8.03. The van der Waals surface area contributed by atoms with Gasteiger partial charge in [-0.1, -0.05) is 0 Å². The highest BCUT2D eigenvalue weighted by molar-refractivity contribution is 5.77. The first kappa shape index (κ1) is 19.5. The summed E-state index contributed by atoms with van der Waals surface area (Å²) in [7, 11) is 0. The van der Waals surface area contributed by atoms with Gasteiger partial charge in [0.1, 0.15) is 0 Å². The number of nitrogens with zero attached hydrogens (tertiary/aromatic N) is 6. The van der Waals surface area contributed by atoms with Crippen molar-refractivity contribution < 1.29 is 9.59 Å². The van der Waals surface area contributed by atoms with Crippen molar-refractivity contribution in [2.24, 2.45) is 0 Å². The van der Waals surface area contributed by atoms with E-state index in [2.05, 4.69) is 10.1 Å². The fraction of sp³-hybridized carbons (Fsp3) is 0.571. The predicted octanol–water partition coefficient (Wildman–Crippen LogP) is 2.28. The number of aromatic nitrogens is 4. The number of fused-ring (bicyclic) bond motifs is 1. The first-order valence-electron chi connectivity index (χ1n) is 10.4. The Morgan fingerprint density at radius 2 is 2.14 bits per heavy atom. The Kier molecular flexibility index (Phi) is 5.60. The zero-order valence-electron chi connectivity index (χ0n) is 17.1. The lowest BCUT2D eigenvalue weighted by molar-refractivity contribution is -0.136. The first-order chi connectivity index (χ1) is 14.0. The molecule has 4 heterocycles. The Bertz CT molecular complexity index is 881. The Morgan fingerprint density at radius 1 is 1.28 bits per heavy atom. The van der Waals surface area contributed by atoms with Crippen molar-refractivity contribution in [1.82, 2.24) is 29.5 Å². The van der Waals surface area contributed by atoms with E-state index in [4.69, 9.17) is 4.98 Å². The van der Waals surface area contributed by atoms with Gasteiger partial charge in [-0.2, -0.15) is 5.10 Å². The molecule has 2 amide bonds. The monoisotopic (exact) mass is 396 g/mol. The van der Waals surface area contributed by atoms with Crippen molar-refractivity contribution in [3.63, 3.8) is 0 Å². The number of carbonyl (C=O) groups excluding carboxylic acids is 2. The Labute approximate surface area is 170 Å². The Balaban J connectivity index is 1.50. The van der Waals surface area contributed by atoms with Crippen LogP contribution in [0, 0.1) is 0 Å². The van der Waals surface area contributed by atoms with Crippen molar-refractivity contribution in [3.8, 4) is 0 Å². The molecule has 1 saturated heterocycles. The third-order valence-corrected chi connectivity index (χ3v) is 5.97. The van der Waals surface area contributed by atoms with Gasteiger partial charge in [0.05, 0.1) is 17.8 Å². The number of hydrogen-bond acceptors (Lipinski definition) is 5. The maximum Gasteiger partial charge on any atom is 0.225 e. The number of piperidine rings is 1. The van der Waals surface area contributed by atoms with Gasteiger partial charge in [0, 0.05) is 63.6 Å². The zero-order chi connectivity index (χ0) is 20.4. The molecule has 2 aromatic heterocycles. The van der Waals surface area contributed by atoms with Gasteiger partial charge in [0.25, 0.3) is 0 Å². The van der Waals surface area contributed by atoms with Crippen LogP contribution in [-0.4, -0.2) is 54.5 Å². The van der Waals surface area contributed by atoms with Crippen molar-refractivity contribution in [1.29, 1.82) is 0 Å². The molecule has 2 aliphatic heterocycles. The van der Waals surface area contributed by atoms with Crippen LogP contribution < -0.4 is 0 Å². The van der Waals surface area contributed by atoms with Gasteiger partial charge in [0.2, 0.25) is 11.8 Å². The van der Waals surface area contributed by atoms with Gasteiger partial charge < -0.3 is 9.80 Å². The summed E-state index contributed by atoms with van der Waals surface area (Å²) in [4.78, 5) is 37.9. The molecule has 0 bridgehead atoms. The van der Waals surface area contributed by atoms with Crippen molar-refractivity contribution in [3.05, 3.63) is 41.7 Å². The van der Waals surface area contributed by atoms with E-state index >= 15 is 0 Å².